The normalized spacial score (nSPS) is 19.5. The Morgan fingerprint density at radius 3 is 2.56 bits per heavy atom. The van der Waals surface area contributed by atoms with Gasteiger partial charge in [-0.25, -0.2) is 0 Å². The van der Waals surface area contributed by atoms with Crippen molar-refractivity contribution in [3.8, 4) is 17.2 Å². The Morgan fingerprint density at radius 2 is 1.84 bits per heavy atom. The Labute approximate surface area is 186 Å². The van der Waals surface area contributed by atoms with E-state index in [1.807, 2.05) is 32.3 Å². The first-order chi connectivity index (χ1) is 15.4. The predicted octanol–water partition coefficient (Wildman–Crippen LogP) is 1.03. The molecule has 1 saturated heterocycles. The number of nitrogens with one attached hydrogen (secondary N) is 1. The molecule has 0 saturated carbocycles. The number of carbonyl (C=O) groups excluding carboxylic acids is 2. The van der Waals surface area contributed by atoms with Crippen LogP contribution in [0.25, 0.3) is 5.76 Å². The number of likely N-dealkylation sites (tertiary alicyclic amines) is 1. The Balaban J connectivity index is 1.85. The number of rotatable bonds is 6. The molecule has 8 heteroatoms. The lowest BCUT2D eigenvalue weighted by molar-refractivity contribution is -0.857. The maximum absolute atomic E-state index is 13.1. The summed E-state index contributed by atoms with van der Waals surface area (Å²) in [7, 11) is 5.49. The van der Waals surface area contributed by atoms with E-state index in [1.54, 1.807) is 24.3 Å². The molecule has 0 aliphatic carbocycles. The minimum Gasteiger partial charge on any atom is -0.507 e. The van der Waals surface area contributed by atoms with Crippen LogP contribution in [-0.4, -0.2) is 69.2 Å². The van der Waals surface area contributed by atoms with Crippen molar-refractivity contribution in [2.24, 2.45) is 0 Å². The summed E-state index contributed by atoms with van der Waals surface area (Å²) in [6, 6.07) is 11.4. The maximum atomic E-state index is 13.1. The van der Waals surface area contributed by atoms with Gasteiger partial charge in [0.05, 0.1) is 45.9 Å². The number of likely N-dealkylation sites (N-methyl/N-ethyl adjacent to an activating group) is 1. The molecule has 2 aromatic carbocycles. The minimum atomic E-state index is -0.765. The second kappa shape index (κ2) is 8.92. The fourth-order valence-electron chi connectivity index (χ4n) is 4.02. The zero-order valence-electron chi connectivity index (χ0n) is 18.4. The molecule has 2 heterocycles. The molecule has 0 bridgehead atoms. The van der Waals surface area contributed by atoms with Crippen molar-refractivity contribution in [2.75, 3.05) is 47.5 Å². The van der Waals surface area contributed by atoms with E-state index in [1.165, 1.54) is 12.0 Å². The van der Waals surface area contributed by atoms with Crippen molar-refractivity contribution in [1.29, 1.82) is 0 Å². The Hall–Kier alpha value is -3.52. The van der Waals surface area contributed by atoms with Crippen LogP contribution in [0.1, 0.15) is 17.2 Å². The van der Waals surface area contributed by atoms with Crippen molar-refractivity contribution in [2.45, 2.75) is 6.04 Å². The number of ether oxygens (including phenoxy) is 3. The van der Waals surface area contributed by atoms with E-state index in [0.29, 0.717) is 54.7 Å². The minimum absolute atomic E-state index is 0.0323. The van der Waals surface area contributed by atoms with Gasteiger partial charge in [-0.1, -0.05) is 18.2 Å². The number of para-hydroxylation sites is 1. The van der Waals surface area contributed by atoms with E-state index in [0.717, 1.165) is 4.90 Å². The fraction of sp³-hybridized carbons (Fsp3) is 0.333. The van der Waals surface area contributed by atoms with E-state index in [4.69, 9.17) is 14.2 Å². The third kappa shape index (κ3) is 3.89. The van der Waals surface area contributed by atoms with Crippen LogP contribution in [0.3, 0.4) is 0 Å². The van der Waals surface area contributed by atoms with Gasteiger partial charge >= 0.3 is 0 Å². The summed E-state index contributed by atoms with van der Waals surface area (Å²) in [5, 5.41) is 11.2. The number of amides is 1. The molecule has 2 N–H and O–H groups in total. The predicted molar refractivity (Wildman–Crippen MR) is 117 cm³/mol. The largest absolute Gasteiger partial charge is 0.507 e. The number of nitrogens with zero attached hydrogens (tertiary/aromatic N) is 1. The molecule has 0 aromatic heterocycles. The molecule has 0 spiro atoms. The van der Waals surface area contributed by atoms with E-state index >= 15 is 0 Å². The number of benzene rings is 2. The topological polar surface area (TPSA) is 89.7 Å². The average Bonchev–Trinajstić information content (AvgIpc) is 3.06. The second-order valence-electron chi connectivity index (χ2n) is 8.05. The molecular weight excluding hydrogens is 412 g/mol. The van der Waals surface area contributed by atoms with Gasteiger partial charge in [0.15, 0.2) is 11.5 Å². The summed E-state index contributed by atoms with van der Waals surface area (Å²) in [6.45, 7) is 1.84. The molecule has 0 radical (unpaired) electrons. The molecule has 0 unspecified atom stereocenters. The fourth-order valence-corrected chi connectivity index (χ4v) is 4.02. The number of ketones is 1. The number of aliphatic hydroxyl groups excluding tert-OH is 1. The van der Waals surface area contributed by atoms with Crippen LogP contribution in [0, 0.1) is 0 Å². The molecule has 2 aromatic rings. The maximum Gasteiger partial charge on any atom is 0.295 e. The van der Waals surface area contributed by atoms with Crippen LogP contribution in [-0.2, 0) is 9.59 Å². The number of methoxy groups -OCH3 is 1. The van der Waals surface area contributed by atoms with Gasteiger partial charge in [0.25, 0.3) is 11.7 Å². The average molecular weight is 439 g/mol. The van der Waals surface area contributed by atoms with Gasteiger partial charge in [-0.2, -0.15) is 0 Å². The van der Waals surface area contributed by atoms with Crippen LogP contribution in [0.5, 0.6) is 17.2 Å². The second-order valence-corrected chi connectivity index (χ2v) is 8.05. The van der Waals surface area contributed by atoms with Crippen molar-refractivity contribution < 1.29 is 33.8 Å². The molecule has 1 amide bonds. The summed E-state index contributed by atoms with van der Waals surface area (Å²) in [5.41, 5.74) is 1.05. The van der Waals surface area contributed by atoms with Crippen LogP contribution in [0.4, 0.5) is 0 Å². The quantitative estimate of drug-likeness (QED) is 0.397. The van der Waals surface area contributed by atoms with Gasteiger partial charge in [0.2, 0.25) is 0 Å². The highest BCUT2D eigenvalue weighted by molar-refractivity contribution is 6.46. The first kappa shape index (κ1) is 21.7. The van der Waals surface area contributed by atoms with Crippen LogP contribution in [0.15, 0.2) is 48.0 Å². The van der Waals surface area contributed by atoms with Gasteiger partial charge in [-0.3, -0.25) is 9.59 Å². The molecule has 4 rings (SSSR count). The van der Waals surface area contributed by atoms with E-state index in [-0.39, 0.29) is 11.3 Å². The highest BCUT2D eigenvalue weighted by Crippen LogP contribution is 2.43. The third-order valence-corrected chi connectivity index (χ3v) is 5.64. The van der Waals surface area contributed by atoms with Gasteiger partial charge in [0.1, 0.15) is 24.7 Å². The first-order valence-electron chi connectivity index (χ1n) is 10.5. The van der Waals surface area contributed by atoms with Crippen molar-refractivity contribution in [3.63, 3.8) is 0 Å². The van der Waals surface area contributed by atoms with E-state index < -0.39 is 17.7 Å². The number of quaternary nitrogens is 1. The molecule has 8 nitrogen and oxygen atoms in total. The molecule has 168 valence electrons. The van der Waals surface area contributed by atoms with Crippen molar-refractivity contribution >= 4 is 17.4 Å². The van der Waals surface area contributed by atoms with E-state index in [9.17, 15) is 14.7 Å². The standard InChI is InChI=1S/C24H26N2O6/c1-25(2)10-11-26-21(16-6-4-5-7-17(16)30-3)20(23(28)24(26)29)22(27)15-8-9-18-19(14-15)32-13-12-31-18/h4-9,14,21,27H,10-13H2,1-3H3/p+1/t21-/m1/s1. The van der Waals surface area contributed by atoms with Crippen LogP contribution >= 0.6 is 0 Å². The molecule has 1 fully saturated rings. The molecule has 32 heavy (non-hydrogen) atoms. The van der Waals surface area contributed by atoms with Crippen molar-refractivity contribution in [3.05, 3.63) is 59.2 Å². The number of hydrogen-bond donors (Lipinski definition) is 2. The summed E-state index contributed by atoms with van der Waals surface area (Å²) in [6.07, 6.45) is 0. The van der Waals surface area contributed by atoms with Gasteiger partial charge in [-0.15, -0.1) is 0 Å². The Morgan fingerprint density at radius 1 is 1.12 bits per heavy atom. The van der Waals surface area contributed by atoms with Gasteiger partial charge < -0.3 is 29.1 Å². The molecule has 2 aliphatic rings. The summed E-state index contributed by atoms with van der Waals surface area (Å²) in [5.74, 6) is -0.0167. The smallest absolute Gasteiger partial charge is 0.295 e. The first-order valence-corrected chi connectivity index (χ1v) is 10.5. The van der Waals surface area contributed by atoms with Gasteiger partial charge in [-0.05, 0) is 24.3 Å². The SMILES string of the molecule is COc1ccccc1[C@@H]1C(=C(O)c2ccc3c(c2)OCCO3)C(=O)C(=O)N1CC[NH+](C)C. The number of aliphatic hydroxyl groups is 1. The number of hydrogen-bond acceptors (Lipinski definition) is 6. The van der Waals surface area contributed by atoms with Crippen molar-refractivity contribution in [1.82, 2.24) is 4.90 Å². The summed E-state index contributed by atoms with van der Waals surface area (Å²) >= 11 is 0. The zero-order valence-corrected chi connectivity index (χ0v) is 18.4. The molecular formula is C24H27N2O6+. The number of carbonyl (C=O) groups is 2. The van der Waals surface area contributed by atoms with Crippen LogP contribution in [0.2, 0.25) is 0 Å². The van der Waals surface area contributed by atoms with E-state index in [2.05, 4.69) is 0 Å². The highest BCUT2D eigenvalue weighted by Gasteiger charge is 2.47. The van der Waals surface area contributed by atoms with Gasteiger partial charge in [0, 0.05) is 11.1 Å². The molecule has 2 aliphatic heterocycles. The number of fused-ring (bicyclic) bond motifs is 1. The molecule has 1 atom stereocenters. The summed E-state index contributed by atoms with van der Waals surface area (Å²) in [4.78, 5) is 28.8. The summed E-state index contributed by atoms with van der Waals surface area (Å²) < 4.78 is 16.7. The lowest BCUT2D eigenvalue weighted by Crippen LogP contribution is -3.06. The van der Waals surface area contributed by atoms with Crippen LogP contribution < -0.4 is 19.1 Å². The monoisotopic (exact) mass is 439 g/mol. The lowest BCUT2D eigenvalue weighted by atomic mass is 9.94. The Kier molecular flexibility index (Phi) is 6.05. The highest BCUT2D eigenvalue weighted by atomic mass is 16.6. The third-order valence-electron chi connectivity index (χ3n) is 5.64. The lowest BCUT2D eigenvalue weighted by Gasteiger charge is -2.27. The zero-order chi connectivity index (χ0) is 22.8. The number of Topliss-reactive ketones (excluding diaryl/α,β-unsaturated/α-hetero) is 1. The Bertz CT molecular complexity index is 1080.